The van der Waals surface area contributed by atoms with E-state index in [2.05, 4.69) is 4.74 Å². The summed E-state index contributed by atoms with van der Waals surface area (Å²) < 4.78 is 43.4. The summed E-state index contributed by atoms with van der Waals surface area (Å²) in [6.45, 7) is 0.310. The van der Waals surface area contributed by atoms with E-state index in [1.807, 2.05) is 30.3 Å². The molecule has 0 bridgehead atoms. The largest absolute Gasteiger partial charge is 0.469 e. The van der Waals surface area contributed by atoms with Crippen molar-refractivity contribution in [2.75, 3.05) is 20.2 Å². The van der Waals surface area contributed by atoms with Crippen LogP contribution < -0.4 is 0 Å². The van der Waals surface area contributed by atoms with Gasteiger partial charge in [-0.3, -0.25) is 9.69 Å². The fourth-order valence-electron chi connectivity index (χ4n) is 2.58. The maximum absolute atomic E-state index is 13.0. The first-order valence-corrected chi connectivity index (χ1v) is 6.32. The van der Waals surface area contributed by atoms with Crippen molar-refractivity contribution in [1.29, 1.82) is 0 Å². The van der Waals surface area contributed by atoms with E-state index in [4.69, 9.17) is 0 Å². The van der Waals surface area contributed by atoms with E-state index >= 15 is 0 Å². The maximum atomic E-state index is 13.0. The molecule has 0 saturated carbocycles. The molecule has 1 saturated heterocycles. The van der Waals surface area contributed by atoms with Crippen molar-refractivity contribution in [3.8, 4) is 0 Å². The minimum atomic E-state index is -4.38. The Kier molecular flexibility index (Phi) is 6.04. The quantitative estimate of drug-likeness (QED) is 0.801. The molecule has 2 rings (SSSR count). The van der Waals surface area contributed by atoms with Gasteiger partial charge in [-0.15, -0.1) is 12.4 Å². The van der Waals surface area contributed by atoms with Crippen LogP contribution in [0, 0.1) is 11.8 Å². The number of ether oxygens (including phenoxy) is 1. The van der Waals surface area contributed by atoms with Crippen molar-refractivity contribution in [2.45, 2.75) is 12.7 Å². The lowest BCUT2D eigenvalue weighted by atomic mass is 9.96. The summed E-state index contributed by atoms with van der Waals surface area (Å²) >= 11 is 0. The molecular weight excluding hydrogens is 307 g/mol. The van der Waals surface area contributed by atoms with Crippen LogP contribution in [0.3, 0.4) is 0 Å². The number of nitrogens with zero attached hydrogens (tertiary/aromatic N) is 1. The number of carbonyl (C=O) groups is 1. The second-order valence-electron chi connectivity index (χ2n) is 4.96. The van der Waals surface area contributed by atoms with Crippen LogP contribution in [0.25, 0.3) is 0 Å². The molecule has 2 unspecified atom stereocenters. The zero-order valence-corrected chi connectivity index (χ0v) is 12.3. The van der Waals surface area contributed by atoms with E-state index in [1.54, 1.807) is 4.90 Å². The number of methoxy groups -OCH3 is 1. The number of rotatable bonds is 3. The normalized spacial score (nSPS) is 22.7. The zero-order valence-electron chi connectivity index (χ0n) is 11.5. The summed E-state index contributed by atoms with van der Waals surface area (Å²) in [5.74, 6) is -3.58. The SMILES string of the molecule is COC(=O)C1CN(Cc2ccccc2)CC1C(F)(F)F.Cl. The lowest BCUT2D eigenvalue weighted by Gasteiger charge is -2.19. The maximum Gasteiger partial charge on any atom is 0.393 e. The first-order chi connectivity index (χ1) is 9.41. The number of hydrogen-bond acceptors (Lipinski definition) is 3. The number of halogens is 4. The third-order valence-electron chi connectivity index (χ3n) is 3.57. The Labute approximate surface area is 127 Å². The van der Waals surface area contributed by atoms with Crippen LogP contribution in [0.1, 0.15) is 5.56 Å². The highest BCUT2D eigenvalue weighted by Gasteiger charge is 2.52. The fourth-order valence-corrected chi connectivity index (χ4v) is 2.58. The van der Waals surface area contributed by atoms with Gasteiger partial charge < -0.3 is 4.74 Å². The number of esters is 1. The average molecular weight is 324 g/mol. The van der Waals surface area contributed by atoms with Crippen molar-refractivity contribution in [2.24, 2.45) is 11.8 Å². The fraction of sp³-hybridized carbons (Fsp3) is 0.500. The Balaban J connectivity index is 0.00000220. The van der Waals surface area contributed by atoms with Crippen molar-refractivity contribution in [3.05, 3.63) is 35.9 Å². The van der Waals surface area contributed by atoms with Gasteiger partial charge in [-0.2, -0.15) is 13.2 Å². The number of carbonyl (C=O) groups excluding carboxylic acids is 1. The highest BCUT2D eigenvalue weighted by atomic mass is 35.5. The van der Waals surface area contributed by atoms with Crippen LogP contribution >= 0.6 is 12.4 Å². The van der Waals surface area contributed by atoms with Gasteiger partial charge in [0.15, 0.2) is 0 Å². The van der Waals surface area contributed by atoms with Gasteiger partial charge in [0.2, 0.25) is 0 Å². The molecule has 2 atom stereocenters. The first kappa shape index (κ1) is 17.8. The molecule has 0 aromatic heterocycles. The molecular formula is C14H17ClF3NO2. The molecule has 7 heteroatoms. The van der Waals surface area contributed by atoms with E-state index in [-0.39, 0.29) is 25.5 Å². The summed E-state index contributed by atoms with van der Waals surface area (Å²) in [6, 6.07) is 9.24. The lowest BCUT2D eigenvalue weighted by Crippen LogP contribution is -2.34. The van der Waals surface area contributed by atoms with Crippen LogP contribution in [0.4, 0.5) is 13.2 Å². The molecule has 1 aliphatic heterocycles. The summed E-state index contributed by atoms with van der Waals surface area (Å²) in [7, 11) is 1.12. The number of hydrogen-bond donors (Lipinski definition) is 0. The van der Waals surface area contributed by atoms with Crippen LogP contribution in [-0.2, 0) is 16.1 Å². The molecule has 118 valence electrons. The number of alkyl halides is 3. The van der Waals surface area contributed by atoms with Crippen LogP contribution in [-0.4, -0.2) is 37.2 Å². The molecule has 21 heavy (non-hydrogen) atoms. The van der Waals surface area contributed by atoms with Crippen LogP contribution in [0.15, 0.2) is 30.3 Å². The zero-order chi connectivity index (χ0) is 14.8. The standard InChI is InChI=1S/C14H16F3NO2.ClH/c1-20-13(19)11-8-18(9-12(11)14(15,16)17)7-10-5-3-2-4-6-10;/h2-6,11-12H,7-9H2,1H3;1H. The molecule has 0 N–H and O–H groups in total. The predicted octanol–water partition coefficient (Wildman–Crippen LogP) is 2.89. The summed E-state index contributed by atoms with van der Waals surface area (Å²) in [5, 5.41) is 0. The van der Waals surface area contributed by atoms with Crippen molar-refractivity contribution in [3.63, 3.8) is 0 Å². The number of likely N-dealkylation sites (tertiary alicyclic amines) is 1. The van der Waals surface area contributed by atoms with E-state index in [0.717, 1.165) is 12.7 Å². The van der Waals surface area contributed by atoms with Gasteiger partial charge in [0.25, 0.3) is 0 Å². The summed E-state index contributed by atoms with van der Waals surface area (Å²) in [4.78, 5) is 13.2. The highest BCUT2D eigenvalue weighted by Crippen LogP contribution is 2.38. The van der Waals surface area contributed by atoms with Gasteiger partial charge in [0.05, 0.1) is 18.9 Å². The van der Waals surface area contributed by atoms with E-state index in [0.29, 0.717) is 6.54 Å². The molecule has 1 heterocycles. The summed E-state index contributed by atoms with van der Waals surface area (Å²) in [6.07, 6.45) is -4.38. The Morgan fingerprint density at radius 2 is 1.90 bits per heavy atom. The van der Waals surface area contributed by atoms with E-state index in [9.17, 15) is 18.0 Å². The van der Waals surface area contributed by atoms with Gasteiger partial charge in [-0.25, -0.2) is 0 Å². The molecule has 0 aliphatic carbocycles. The molecule has 3 nitrogen and oxygen atoms in total. The molecule has 1 aliphatic rings. The molecule has 1 fully saturated rings. The van der Waals surface area contributed by atoms with Gasteiger partial charge in [-0.05, 0) is 5.56 Å². The monoisotopic (exact) mass is 323 g/mol. The Morgan fingerprint density at radius 1 is 1.29 bits per heavy atom. The minimum Gasteiger partial charge on any atom is -0.469 e. The Morgan fingerprint density at radius 3 is 2.43 bits per heavy atom. The van der Waals surface area contributed by atoms with Gasteiger partial charge >= 0.3 is 12.1 Å². The van der Waals surface area contributed by atoms with E-state index in [1.165, 1.54) is 0 Å². The molecule has 1 aromatic rings. The predicted molar refractivity (Wildman–Crippen MR) is 74.0 cm³/mol. The number of benzene rings is 1. The van der Waals surface area contributed by atoms with Crippen molar-refractivity contribution in [1.82, 2.24) is 4.90 Å². The second kappa shape index (κ2) is 7.13. The topological polar surface area (TPSA) is 29.5 Å². The Bertz CT molecular complexity index is 467. The third kappa shape index (κ3) is 4.35. The average Bonchev–Trinajstić information content (AvgIpc) is 2.83. The van der Waals surface area contributed by atoms with Crippen LogP contribution in [0.5, 0.6) is 0 Å². The van der Waals surface area contributed by atoms with E-state index < -0.39 is 24.0 Å². The molecule has 0 radical (unpaired) electrons. The lowest BCUT2D eigenvalue weighted by molar-refractivity contribution is -0.189. The van der Waals surface area contributed by atoms with Gasteiger partial charge in [0.1, 0.15) is 0 Å². The van der Waals surface area contributed by atoms with Gasteiger partial charge in [-0.1, -0.05) is 30.3 Å². The third-order valence-corrected chi connectivity index (χ3v) is 3.57. The second-order valence-corrected chi connectivity index (χ2v) is 4.96. The van der Waals surface area contributed by atoms with Crippen molar-refractivity contribution >= 4 is 18.4 Å². The Hall–Kier alpha value is -1.27. The molecule has 0 amide bonds. The molecule has 1 aromatic carbocycles. The van der Waals surface area contributed by atoms with Crippen LogP contribution in [0.2, 0.25) is 0 Å². The smallest absolute Gasteiger partial charge is 0.393 e. The minimum absolute atomic E-state index is 0. The first-order valence-electron chi connectivity index (χ1n) is 6.32. The molecule has 0 spiro atoms. The van der Waals surface area contributed by atoms with Crippen molar-refractivity contribution < 1.29 is 22.7 Å². The van der Waals surface area contributed by atoms with Gasteiger partial charge in [0, 0.05) is 19.6 Å². The summed E-state index contributed by atoms with van der Waals surface area (Å²) in [5.41, 5.74) is 0.930. The highest BCUT2D eigenvalue weighted by molar-refractivity contribution is 5.85.